The van der Waals surface area contributed by atoms with Gasteiger partial charge in [0.15, 0.2) is 5.82 Å². The third kappa shape index (κ3) is 2.41. The van der Waals surface area contributed by atoms with Gasteiger partial charge in [0.25, 0.3) is 0 Å². The van der Waals surface area contributed by atoms with Gasteiger partial charge in [-0.15, -0.1) is 0 Å². The number of aromatic amines is 1. The van der Waals surface area contributed by atoms with E-state index < -0.39 is 0 Å². The summed E-state index contributed by atoms with van der Waals surface area (Å²) >= 11 is 0. The maximum Gasteiger partial charge on any atom is 0.323 e. The number of nitrogens with zero attached hydrogens (tertiary/aromatic N) is 2. The molecule has 0 saturated carbocycles. The van der Waals surface area contributed by atoms with E-state index in [0.717, 1.165) is 30.8 Å². The third-order valence-electron chi connectivity index (χ3n) is 3.08. The van der Waals surface area contributed by atoms with Crippen molar-refractivity contribution in [3.8, 4) is 0 Å². The van der Waals surface area contributed by atoms with Gasteiger partial charge in [-0.25, -0.2) is 4.79 Å². The minimum atomic E-state index is -0.0807. The first-order valence-corrected chi connectivity index (χ1v) is 6.09. The van der Waals surface area contributed by atoms with E-state index in [4.69, 9.17) is 0 Å². The van der Waals surface area contributed by atoms with Gasteiger partial charge in [-0.2, -0.15) is 5.10 Å². The summed E-state index contributed by atoms with van der Waals surface area (Å²) in [5.41, 5.74) is 2.20. The van der Waals surface area contributed by atoms with Gasteiger partial charge in [0.2, 0.25) is 0 Å². The SMILES string of the molecule is CCN(CC)C(=O)Nc1n[nH]c2c1CCNC2. The van der Waals surface area contributed by atoms with Crippen molar-refractivity contribution in [3.63, 3.8) is 0 Å². The molecule has 0 aromatic carbocycles. The van der Waals surface area contributed by atoms with Gasteiger partial charge in [0, 0.05) is 25.2 Å². The number of amides is 2. The number of aromatic nitrogens is 2. The Morgan fingerprint density at radius 3 is 2.94 bits per heavy atom. The van der Waals surface area contributed by atoms with Crippen LogP contribution in [0.2, 0.25) is 0 Å². The number of H-pyrrole nitrogens is 1. The van der Waals surface area contributed by atoms with E-state index in [1.165, 1.54) is 0 Å². The van der Waals surface area contributed by atoms with E-state index in [-0.39, 0.29) is 6.03 Å². The smallest absolute Gasteiger partial charge is 0.323 e. The van der Waals surface area contributed by atoms with Crippen LogP contribution in [0.25, 0.3) is 0 Å². The number of nitrogens with one attached hydrogen (secondary N) is 3. The lowest BCUT2D eigenvalue weighted by atomic mass is 10.1. The summed E-state index contributed by atoms with van der Waals surface area (Å²) < 4.78 is 0. The molecule has 0 fully saturated rings. The molecule has 0 atom stereocenters. The molecule has 1 aliphatic rings. The summed E-state index contributed by atoms with van der Waals surface area (Å²) in [7, 11) is 0. The first-order valence-electron chi connectivity index (χ1n) is 6.09. The zero-order chi connectivity index (χ0) is 12.3. The topological polar surface area (TPSA) is 73.0 Å². The molecule has 0 bridgehead atoms. The second kappa shape index (κ2) is 5.18. The molecule has 1 aliphatic heterocycles. The molecular weight excluding hydrogens is 218 g/mol. The lowest BCUT2D eigenvalue weighted by Gasteiger charge is -2.19. The summed E-state index contributed by atoms with van der Waals surface area (Å²) in [5, 5.41) is 13.3. The summed E-state index contributed by atoms with van der Waals surface area (Å²) in [5.74, 6) is 0.679. The van der Waals surface area contributed by atoms with Crippen LogP contribution >= 0.6 is 0 Å². The van der Waals surface area contributed by atoms with Gasteiger partial charge in [-0.1, -0.05) is 0 Å². The molecule has 1 aromatic heterocycles. The molecule has 0 saturated heterocycles. The van der Waals surface area contributed by atoms with Gasteiger partial charge in [-0.05, 0) is 26.8 Å². The molecule has 0 spiro atoms. The number of fused-ring (bicyclic) bond motifs is 1. The lowest BCUT2D eigenvalue weighted by molar-refractivity contribution is 0.217. The number of hydrogen-bond acceptors (Lipinski definition) is 3. The molecular formula is C11H19N5O. The lowest BCUT2D eigenvalue weighted by Crippen LogP contribution is -2.35. The third-order valence-corrected chi connectivity index (χ3v) is 3.08. The van der Waals surface area contributed by atoms with Crippen LogP contribution in [0.3, 0.4) is 0 Å². The van der Waals surface area contributed by atoms with Crippen LogP contribution in [0.4, 0.5) is 10.6 Å². The summed E-state index contributed by atoms with van der Waals surface area (Å²) in [6.45, 7) is 7.07. The number of urea groups is 1. The average molecular weight is 237 g/mol. The fourth-order valence-electron chi connectivity index (χ4n) is 2.04. The molecule has 94 valence electrons. The number of carbonyl (C=O) groups excluding carboxylic acids is 1. The molecule has 6 nitrogen and oxygen atoms in total. The Hall–Kier alpha value is -1.56. The number of rotatable bonds is 3. The van der Waals surface area contributed by atoms with E-state index in [0.29, 0.717) is 18.9 Å². The largest absolute Gasteiger partial charge is 0.325 e. The molecule has 2 rings (SSSR count). The molecule has 0 radical (unpaired) electrons. The van der Waals surface area contributed by atoms with Crippen molar-refractivity contribution in [1.82, 2.24) is 20.4 Å². The Morgan fingerprint density at radius 1 is 1.47 bits per heavy atom. The molecule has 3 N–H and O–H groups in total. The van der Waals surface area contributed by atoms with Crippen LogP contribution in [-0.2, 0) is 13.0 Å². The average Bonchev–Trinajstić information content (AvgIpc) is 2.74. The van der Waals surface area contributed by atoms with Crippen molar-refractivity contribution in [2.45, 2.75) is 26.8 Å². The van der Waals surface area contributed by atoms with Gasteiger partial charge in [0.05, 0.1) is 5.69 Å². The van der Waals surface area contributed by atoms with Crippen LogP contribution in [-0.4, -0.2) is 40.8 Å². The highest BCUT2D eigenvalue weighted by Crippen LogP contribution is 2.19. The van der Waals surface area contributed by atoms with Crippen molar-refractivity contribution in [2.75, 3.05) is 25.0 Å². The quantitative estimate of drug-likeness (QED) is 0.732. The van der Waals surface area contributed by atoms with E-state index >= 15 is 0 Å². The minimum Gasteiger partial charge on any atom is -0.325 e. The second-order valence-corrected chi connectivity index (χ2v) is 4.06. The fraction of sp³-hybridized carbons (Fsp3) is 0.636. The van der Waals surface area contributed by atoms with E-state index in [9.17, 15) is 4.79 Å². The zero-order valence-corrected chi connectivity index (χ0v) is 10.3. The Morgan fingerprint density at radius 2 is 2.24 bits per heavy atom. The van der Waals surface area contributed by atoms with Crippen LogP contribution < -0.4 is 10.6 Å². The maximum atomic E-state index is 11.9. The zero-order valence-electron chi connectivity index (χ0n) is 10.3. The molecule has 6 heteroatoms. The summed E-state index contributed by atoms with van der Waals surface area (Å²) in [4.78, 5) is 13.6. The highest BCUT2D eigenvalue weighted by molar-refractivity contribution is 5.89. The Bertz CT molecular complexity index is 397. The fourth-order valence-corrected chi connectivity index (χ4v) is 2.04. The second-order valence-electron chi connectivity index (χ2n) is 4.06. The van der Waals surface area contributed by atoms with E-state index in [2.05, 4.69) is 20.8 Å². The number of hydrogen-bond donors (Lipinski definition) is 3. The van der Waals surface area contributed by atoms with Crippen molar-refractivity contribution in [3.05, 3.63) is 11.3 Å². The van der Waals surface area contributed by atoms with Crippen LogP contribution in [0.1, 0.15) is 25.1 Å². The molecule has 0 unspecified atom stereocenters. The van der Waals surface area contributed by atoms with Crippen molar-refractivity contribution < 1.29 is 4.79 Å². The molecule has 17 heavy (non-hydrogen) atoms. The van der Waals surface area contributed by atoms with Gasteiger partial charge in [0.1, 0.15) is 0 Å². The summed E-state index contributed by atoms with van der Waals surface area (Å²) in [6, 6.07) is -0.0807. The van der Waals surface area contributed by atoms with Crippen molar-refractivity contribution in [1.29, 1.82) is 0 Å². The highest BCUT2D eigenvalue weighted by Gasteiger charge is 2.19. The molecule has 2 heterocycles. The Kier molecular flexibility index (Phi) is 3.63. The molecule has 1 aromatic rings. The first-order chi connectivity index (χ1) is 8.26. The van der Waals surface area contributed by atoms with Crippen LogP contribution in [0, 0.1) is 0 Å². The van der Waals surface area contributed by atoms with Gasteiger partial charge >= 0.3 is 6.03 Å². The minimum absolute atomic E-state index is 0.0807. The van der Waals surface area contributed by atoms with E-state index in [1.807, 2.05) is 13.8 Å². The monoisotopic (exact) mass is 237 g/mol. The van der Waals surface area contributed by atoms with Crippen molar-refractivity contribution in [2.24, 2.45) is 0 Å². The van der Waals surface area contributed by atoms with Gasteiger partial charge < -0.3 is 10.2 Å². The summed E-state index contributed by atoms with van der Waals surface area (Å²) in [6.07, 6.45) is 0.902. The number of carbonyl (C=O) groups is 1. The molecule has 0 aliphatic carbocycles. The number of anilines is 1. The predicted octanol–water partition coefficient (Wildman–Crippen LogP) is 0.929. The van der Waals surface area contributed by atoms with Crippen molar-refractivity contribution >= 4 is 11.8 Å². The van der Waals surface area contributed by atoms with Crippen LogP contribution in [0.5, 0.6) is 0 Å². The maximum absolute atomic E-state index is 11.9. The highest BCUT2D eigenvalue weighted by atomic mass is 16.2. The van der Waals surface area contributed by atoms with E-state index in [1.54, 1.807) is 4.90 Å². The molecule has 2 amide bonds. The predicted molar refractivity (Wildman–Crippen MR) is 65.9 cm³/mol. The van der Waals surface area contributed by atoms with Crippen LogP contribution in [0.15, 0.2) is 0 Å². The Balaban J connectivity index is 2.08. The standard InChI is InChI=1S/C11H19N5O/c1-3-16(4-2)11(17)13-10-8-5-6-12-7-9(8)14-15-10/h12H,3-7H2,1-2H3,(H2,13,14,15,17). The Labute approximate surface area is 101 Å². The van der Waals surface area contributed by atoms with Gasteiger partial charge in [-0.3, -0.25) is 10.4 Å². The normalized spacial score (nSPS) is 14.2. The first kappa shape index (κ1) is 11.9.